The average Bonchev–Trinajstić information content (AvgIpc) is 2.36. The van der Waals surface area contributed by atoms with Gasteiger partial charge in [0, 0.05) is 19.5 Å². The Morgan fingerprint density at radius 3 is 2.15 bits per heavy atom. The number of nitrogens with one attached hydrogen (secondary N) is 2. The molecule has 1 amide bonds. The van der Waals surface area contributed by atoms with Gasteiger partial charge in [-0.2, -0.15) is 0 Å². The second-order valence-electron chi connectivity index (χ2n) is 7.69. The van der Waals surface area contributed by atoms with Crippen LogP contribution in [0.1, 0.15) is 58.3 Å². The Hall–Kier alpha value is -0.570. The lowest BCUT2D eigenvalue weighted by molar-refractivity contribution is -0.129. The van der Waals surface area contributed by atoms with E-state index in [1.165, 1.54) is 38.5 Å². The molecule has 0 aromatic rings. The molecule has 4 rings (SSSR count). The molecule has 0 atom stereocenters. The van der Waals surface area contributed by atoms with E-state index < -0.39 is 0 Å². The van der Waals surface area contributed by atoms with Gasteiger partial charge in [-0.25, -0.2) is 0 Å². The number of carbonyl (C=O) groups excluding carboxylic acids is 1. The fourth-order valence-electron chi connectivity index (χ4n) is 5.50. The zero-order valence-electron chi connectivity index (χ0n) is 12.9. The van der Waals surface area contributed by atoms with Gasteiger partial charge in [-0.15, -0.1) is 0 Å². The third-order valence-corrected chi connectivity index (χ3v) is 5.75. The molecule has 114 valence electrons. The van der Waals surface area contributed by atoms with Crippen molar-refractivity contribution in [1.29, 1.82) is 0 Å². The van der Waals surface area contributed by atoms with Crippen LogP contribution >= 0.6 is 0 Å². The molecule has 0 spiro atoms. The van der Waals surface area contributed by atoms with Crippen molar-refractivity contribution >= 4 is 5.91 Å². The Balaban J connectivity index is 1.44. The summed E-state index contributed by atoms with van der Waals surface area (Å²) in [6.45, 7) is 4.90. The maximum absolute atomic E-state index is 12.2. The summed E-state index contributed by atoms with van der Waals surface area (Å²) in [4.78, 5) is 12.2. The predicted molar refractivity (Wildman–Crippen MR) is 81.4 cm³/mol. The smallest absolute Gasteiger partial charge is 0.220 e. The number of hydrogen-bond acceptors (Lipinski definition) is 2. The Bertz CT molecular complexity index is 318. The van der Waals surface area contributed by atoms with Gasteiger partial charge in [-0.3, -0.25) is 4.79 Å². The Morgan fingerprint density at radius 2 is 1.60 bits per heavy atom. The van der Waals surface area contributed by atoms with Gasteiger partial charge >= 0.3 is 0 Å². The monoisotopic (exact) mass is 278 g/mol. The highest BCUT2D eigenvalue weighted by molar-refractivity contribution is 5.76. The van der Waals surface area contributed by atoms with Crippen LogP contribution in [0.25, 0.3) is 0 Å². The van der Waals surface area contributed by atoms with E-state index in [2.05, 4.69) is 17.6 Å². The average molecular weight is 278 g/mol. The molecule has 0 unspecified atom stereocenters. The van der Waals surface area contributed by atoms with Crippen molar-refractivity contribution in [3.8, 4) is 0 Å². The quantitative estimate of drug-likeness (QED) is 0.703. The second kappa shape index (κ2) is 6.05. The van der Waals surface area contributed by atoms with Crippen LogP contribution in [0.5, 0.6) is 0 Å². The summed E-state index contributed by atoms with van der Waals surface area (Å²) >= 11 is 0. The third-order valence-electron chi connectivity index (χ3n) is 5.75. The molecule has 3 heteroatoms. The van der Waals surface area contributed by atoms with E-state index in [0.717, 1.165) is 50.2 Å². The molecule has 4 fully saturated rings. The van der Waals surface area contributed by atoms with Crippen LogP contribution in [0.4, 0.5) is 0 Å². The standard InChI is InChI=1S/C17H30N2O/c1-2-3-18-4-5-19-16(20)12-17-9-13-6-14(10-17)8-15(7-13)11-17/h13-15,18H,2-12H2,1H3,(H,19,20). The summed E-state index contributed by atoms with van der Waals surface area (Å²) in [5, 5.41) is 6.45. The van der Waals surface area contributed by atoms with Crippen LogP contribution < -0.4 is 10.6 Å². The fraction of sp³-hybridized carbons (Fsp3) is 0.941. The molecule has 0 aliphatic heterocycles. The van der Waals surface area contributed by atoms with Crippen LogP contribution in [0.3, 0.4) is 0 Å². The number of amides is 1. The highest BCUT2D eigenvalue weighted by Crippen LogP contribution is 2.61. The van der Waals surface area contributed by atoms with Gasteiger partial charge < -0.3 is 10.6 Å². The lowest BCUT2D eigenvalue weighted by Crippen LogP contribution is -2.48. The van der Waals surface area contributed by atoms with Crippen molar-refractivity contribution in [2.45, 2.75) is 58.3 Å². The van der Waals surface area contributed by atoms with Gasteiger partial charge in [-0.05, 0) is 74.7 Å². The number of hydrogen-bond donors (Lipinski definition) is 2. The highest BCUT2D eigenvalue weighted by atomic mass is 16.1. The maximum atomic E-state index is 12.2. The lowest BCUT2D eigenvalue weighted by Gasteiger charge is -2.56. The van der Waals surface area contributed by atoms with Crippen molar-refractivity contribution in [3.63, 3.8) is 0 Å². The third kappa shape index (κ3) is 3.19. The summed E-state index contributed by atoms with van der Waals surface area (Å²) in [6, 6.07) is 0. The summed E-state index contributed by atoms with van der Waals surface area (Å²) in [7, 11) is 0. The van der Waals surface area contributed by atoms with Crippen molar-refractivity contribution in [2.24, 2.45) is 23.2 Å². The largest absolute Gasteiger partial charge is 0.355 e. The van der Waals surface area contributed by atoms with E-state index in [1.54, 1.807) is 0 Å². The fourth-order valence-corrected chi connectivity index (χ4v) is 5.50. The molecule has 0 aromatic heterocycles. The van der Waals surface area contributed by atoms with E-state index in [1.807, 2.05) is 0 Å². The van der Waals surface area contributed by atoms with Gasteiger partial charge in [-0.1, -0.05) is 6.92 Å². The van der Waals surface area contributed by atoms with E-state index in [0.29, 0.717) is 11.3 Å². The van der Waals surface area contributed by atoms with E-state index in [9.17, 15) is 4.79 Å². The minimum Gasteiger partial charge on any atom is -0.355 e. The number of carbonyl (C=O) groups is 1. The minimum absolute atomic E-state index is 0.297. The maximum Gasteiger partial charge on any atom is 0.220 e. The number of rotatable bonds is 7. The molecule has 4 saturated carbocycles. The first kappa shape index (κ1) is 14.4. The molecule has 0 heterocycles. The predicted octanol–water partition coefficient (Wildman–Crippen LogP) is 2.71. The van der Waals surface area contributed by atoms with Crippen LogP contribution in [0, 0.1) is 23.2 Å². The molecule has 3 nitrogen and oxygen atoms in total. The van der Waals surface area contributed by atoms with E-state index in [4.69, 9.17) is 0 Å². The summed E-state index contributed by atoms with van der Waals surface area (Å²) in [6.07, 6.45) is 10.3. The first-order valence-electron chi connectivity index (χ1n) is 8.66. The van der Waals surface area contributed by atoms with E-state index in [-0.39, 0.29) is 0 Å². The highest BCUT2D eigenvalue weighted by Gasteiger charge is 2.51. The summed E-state index contributed by atoms with van der Waals surface area (Å²) in [5.74, 6) is 3.13. The second-order valence-corrected chi connectivity index (χ2v) is 7.69. The molecule has 20 heavy (non-hydrogen) atoms. The van der Waals surface area contributed by atoms with Gasteiger partial charge in [0.15, 0.2) is 0 Å². The molecule has 0 saturated heterocycles. The normalized spacial score (nSPS) is 38.1. The Kier molecular flexibility index (Phi) is 4.34. The van der Waals surface area contributed by atoms with Crippen molar-refractivity contribution in [2.75, 3.05) is 19.6 Å². The lowest BCUT2D eigenvalue weighted by atomic mass is 9.49. The van der Waals surface area contributed by atoms with Crippen LogP contribution in [-0.2, 0) is 4.79 Å². The first-order chi connectivity index (χ1) is 9.69. The van der Waals surface area contributed by atoms with Crippen molar-refractivity contribution < 1.29 is 4.79 Å². The zero-order valence-corrected chi connectivity index (χ0v) is 12.9. The van der Waals surface area contributed by atoms with Crippen molar-refractivity contribution in [1.82, 2.24) is 10.6 Å². The van der Waals surface area contributed by atoms with E-state index >= 15 is 0 Å². The minimum atomic E-state index is 0.297. The zero-order chi connectivity index (χ0) is 14.0. The first-order valence-corrected chi connectivity index (χ1v) is 8.66. The SMILES string of the molecule is CCCNCCNC(=O)CC12CC3CC(CC(C3)C1)C2. The van der Waals surface area contributed by atoms with Crippen LogP contribution in [0.2, 0.25) is 0 Å². The molecular weight excluding hydrogens is 248 g/mol. The Labute approximate surface area is 123 Å². The van der Waals surface area contributed by atoms with Gasteiger partial charge in [0.1, 0.15) is 0 Å². The molecule has 4 aliphatic carbocycles. The summed E-state index contributed by atoms with van der Waals surface area (Å²) < 4.78 is 0. The molecule has 0 aromatic carbocycles. The summed E-state index contributed by atoms with van der Waals surface area (Å²) in [5.41, 5.74) is 0.385. The topological polar surface area (TPSA) is 41.1 Å². The molecular formula is C17H30N2O. The van der Waals surface area contributed by atoms with Gasteiger partial charge in [0.2, 0.25) is 5.91 Å². The molecule has 0 radical (unpaired) electrons. The Morgan fingerprint density at radius 1 is 1.00 bits per heavy atom. The van der Waals surface area contributed by atoms with Crippen LogP contribution in [-0.4, -0.2) is 25.5 Å². The van der Waals surface area contributed by atoms with Crippen molar-refractivity contribution in [3.05, 3.63) is 0 Å². The van der Waals surface area contributed by atoms with Gasteiger partial charge in [0.25, 0.3) is 0 Å². The molecule has 4 bridgehead atoms. The molecule has 2 N–H and O–H groups in total. The van der Waals surface area contributed by atoms with Gasteiger partial charge in [0.05, 0.1) is 0 Å². The molecule has 4 aliphatic rings. The van der Waals surface area contributed by atoms with Crippen LogP contribution in [0.15, 0.2) is 0 Å².